The van der Waals surface area contributed by atoms with Gasteiger partial charge in [0.15, 0.2) is 0 Å². The van der Waals surface area contributed by atoms with Crippen molar-refractivity contribution in [2.45, 2.75) is 19.9 Å². The second-order valence-electron chi connectivity index (χ2n) is 6.64. The highest BCUT2D eigenvalue weighted by molar-refractivity contribution is 6.33. The maximum absolute atomic E-state index is 13.2. The average molecular weight is 406 g/mol. The van der Waals surface area contributed by atoms with Crippen molar-refractivity contribution >= 4 is 29.2 Å². The lowest BCUT2D eigenvalue weighted by molar-refractivity contribution is -0.116. The average Bonchev–Trinajstić information content (AvgIpc) is 2.74. The topological polar surface area (TPSA) is 38.3 Å². The molecule has 0 aliphatic heterocycles. The van der Waals surface area contributed by atoms with E-state index in [1.807, 2.05) is 98.8 Å². The predicted molar refractivity (Wildman–Crippen MR) is 120 cm³/mol. The molecule has 4 heteroatoms. The summed E-state index contributed by atoms with van der Waals surface area (Å²) >= 11 is 6.31. The number of nitrogens with one attached hydrogen (secondary N) is 1. The van der Waals surface area contributed by atoms with Gasteiger partial charge in [-0.1, -0.05) is 72.3 Å². The zero-order chi connectivity index (χ0) is 20.6. The Balaban J connectivity index is 1.86. The number of amides is 1. The smallest absolute Gasteiger partial charge is 0.252 e. The van der Waals surface area contributed by atoms with Gasteiger partial charge in [-0.2, -0.15) is 0 Å². The molecule has 0 aliphatic rings. The minimum Gasteiger partial charge on any atom is -0.494 e. The fourth-order valence-electron chi connectivity index (χ4n) is 3.02. The first-order valence-electron chi connectivity index (χ1n) is 9.63. The largest absolute Gasteiger partial charge is 0.494 e. The summed E-state index contributed by atoms with van der Waals surface area (Å²) in [5, 5.41) is 3.70. The maximum atomic E-state index is 13.2. The number of ether oxygens (including phenoxy) is 1. The molecular weight excluding hydrogens is 382 g/mol. The highest BCUT2D eigenvalue weighted by Crippen LogP contribution is 2.25. The molecule has 0 bridgehead atoms. The fourth-order valence-corrected chi connectivity index (χ4v) is 3.21. The number of benzene rings is 3. The summed E-state index contributed by atoms with van der Waals surface area (Å²) in [6, 6.07) is 24.7. The molecule has 0 fully saturated rings. The van der Waals surface area contributed by atoms with Crippen molar-refractivity contribution in [2.24, 2.45) is 0 Å². The normalized spacial score (nSPS) is 12.3. The zero-order valence-corrected chi connectivity index (χ0v) is 17.3. The van der Waals surface area contributed by atoms with Crippen LogP contribution in [0.15, 0.2) is 78.9 Å². The van der Waals surface area contributed by atoms with Gasteiger partial charge in [0.1, 0.15) is 5.75 Å². The maximum Gasteiger partial charge on any atom is 0.252 e. The third-order valence-corrected chi connectivity index (χ3v) is 4.92. The number of carbonyl (C=O) groups is 1. The number of hydrogen-bond donors (Lipinski definition) is 1. The first-order chi connectivity index (χ1) is 14.1. The molecule has 3 aromatic carbocycles. The Morgan fingerprint density at radius 1 is 1.00 bits per heavy atom. The van der Waals surface area contributed by atoms with Gasteiger partial charge in [0.05, 0.1) is 12.6 Å². The third-order valence-electron chi connectivity index (χ3n) is 4.57. The summed E-state index contributed by atoms with van der Waals surface area (Å²) in [5.74, 6) is 0.663. The quantitative estimate of drug-likeness (QED) is 0.377. The van der Waals surface area contributed by atoms with Crippen molar-refractivity contribution in [2.75, 3.05) is 6.61 Å². The van der Waals surface area contributed by atoms with Crippen molar-refractivity contribution in [1.29, 1.82) is 0 Å². The van der Waals surface area contributed by atoms with E-state index in [2.05, 4.69) is 5.32 Å². The van der Waals surface area contributed by atoms with Crippen LogP contribution in [0.25, 0.3) is 11.6 Å². The molecule has 148 valence electrons. The molecule has 3 nitrogen and oxygen atoms in total. The van der Waals surface area contributed by atoms with Crippen LogP contribution in [-0.4, -0.2) is 12.5 Å². The van der Waals surface area contributed by atoms with E-state index in [1.54, 1.807) is 0 Å². The van der Waals surface area contributed by atoms with Gasteiger partial charge in [-0.05, 0) is 54.8 Å². The van der Waals surface area contributed by atoms with E-state index in [4.69, 9.17) is 16.3 Å². The minimum absolute atomic E-state index is 0.155. The van der Waals surface area contributed by atoms with Crippen LogP contribution in [0.2, 0.25) is 5.02 Å². The molecule has 1 N–H and O–H groups in total. The van der Waals surface area contributed by atoms with Gasteiger partial charge in [-0.25, -0.2) is 0 Å². The molecule has 3 rings (SSSR count). The van der Waals surface area contributed by atoms with Crippen molar-refractivity contribution in [3.63, 3.8) is 0 Å². The Hall–Kier alpha value is -3.04. The Kier molecular flexibility index (Phi) is 7.09. The summed E-state index contributed by atoms with van der Waals surface area (Å²) in [4.78, 5) is 13.2. The number of halogens is 1. The molecule has 0 saturated carbocycles. The van der Waals surface area contributed by atoms with Crippen LogP contribution >= 0.6 is 11.6 Å². The summed E-state index contributed by atoms with van der Waals surface area (Å²) in [6.07, 6.45) is 1.83. The van der Waals surface area contributed by atoms with Crippen molar-refractivity contribution in [3.05, 3.63) is 101 Å². The second kappa shape index (κ2) is 9.94. The van der Waals surface area contributed by atoms with Gasteiger partial charge < -0.3 is 10.1 Å². The fraction of sp³-hybridized carbons (Fsp3) is 0.160. The molecule has 0 saturated heterocycles. The third kappa shape index (κ3) is 5.49. The molecule has 3 aromatic rings. The van der Waals surface area contributed by atoms with Gasteiger partial charge in [0.2, 0.25) is 0 Å². The molecule has 1 amide bonds. The summed E-state index contributed by atoms with van der Waals surface area (Å²) < 4.78 is 5.49. The molecular formula is C25H24ClNO2. The van der Waals surface area contributed by atoms with Gasteiger partial charge in [0.25, 0.3) is 5.91 Å². The van der Waals surface area contributed by atoms with E-state index in [1.165, 1.54) is 0 Å². The second-order valence-corrected chi connectivity index (χ2v) is 7.05. The van der Waals surface area contributed by atoms with E-state index < -0.39 is 0 Å². The number of rotatable bonds is 7. The summed E-state index contributed by atoms with van der Waals surface area (Å²) in [6.45, 7) is 4.54. The first kappa shape index (κ1) is 20.7. The molecule has 0 radical (unpaired) electrons. The van der Waals surface area contributed by atoms with Crippen LogP contribution in [0.4, 0.5) is 0 Å². The van der Waals surface area contributed by atoms with Crippen molar-refractivity contribution in [1.82, 2.24) is 5.32 Å². The molecule has 1 atom stereocenters. The van der Waals surface area contributed by atoms with Crippen LogP contribution in [0.1, 0.15) is 36.6 Å². The lowest BCUT2D eigenvalue weighted by Crippen LogP contribution is -2.27. The van der Waals surface area contributed by atoms with Gasteiger partial charge in [0, 0.05) is 10.6 Å². The number of carbonyl (C=O) groups excluding carboxylic acids is 1. The summed E-state index contributed by atoms with van der Waals surface area (Å²) in [7, 11) is 0. The van der Waals surface area contributed by atoms with Crippen molar-refractivity contribution < 1.29 is 9.53 Å². The van der Waals surface area contributed by atoms with Crippen LogP contribution in [0.5, 0.6) is 5.75 Å². The Labute approximate surface area is 177 Å². The SMILES string of the molecule is CCOc1ccc([C@@H](C)NC(=O)/C(=C/c2ccccc2Cl)c2ccccc2)cc1. The Morgan fingerprint density at radius 2 is 1.66 bits per heavy atom. The summed E-state index contributed by atoms with van der Waals surface area (Å²) in [5.41, 5.74) is 3.21. The van der Waals surface area contributed by atoms with Crippen LogP contribution < -0.4 is 10.1 Å². The standard InChI is InChI=1S/C25H24ClNO2/c1-3-29-22-15-13-19(14-16-22)18(2)27-25(28)23(20-9-5-4-6-10-20)17-21-11-7-8-12-24(21)26/h4-18H,3H2,1-2H3,(H,27,28)/b23-17+/t18-/m1/s1. The van der Waals surface area contributed by atoms with E-state index in [-0.39, 0.29) is 11.9 Å². The highest BCUT2D eigenvalue weighted by atomic mass is 35.5. The van der Waals surface area contributed by atoms with Gasteiger partial charge in [-0.15, -0.1) is 0 Å². The minimum atomic E-state index is -0.156. The van der Waals surface area contributed by atoms with Crippen LogP contribution in [-0.2, 0) is 4.79 Å². The van der Waals surface area contributed by atoms with E-state index in [0.29, 0.717) is 17.2 Å². The number of hydrogen-bond acceptors (Lipinski definition) is 2. The molecule has 29 heavy (non-hydrogen) atoms. The molecule has 0 spiro atoms. The first-order valence-corrected chi connectivity index (χ1v) is 10.0. The Morgan fingerprint density at radius 3 is 2.31 bits per heavy atom. The van der Waals surface area contributed by atoms with E-state index in [9.17, 15) is 4.79 Å². The van der Waals surface area contributed by atoms with Crippen molar-refractivity contribution in [3.8, 4) is 5.75 Å². The predicted octanol–water partition coefficient (Wildman–Crippen LogP) is 6.16. The molecule has 0 aromatic heterocycles. The van der Waals surface area contributed by atoms with E-state index >= 15 is 0 Å². The zero-order valence-electron chi connectivity index (χ0n) is 16.6. The van der Waals surface area contributed by atoms with E-state index in [0.717, 1.165) is 22.4 Å². The van der Waals surface area contributed by atoms with Crippen LogP contribution in [0, 0.1) is 0 Å². The van der Waals surface area contributed by atoms with Gasteiger partial charge in [-0.3, -0.25) is 4.79 Å². The lowest BCUT2D eigenvalue weighted by atomic mass is 10.0. The lowest BCUT2D eigenvalue weighted by Gasteiger charge is -2.17. The molecule has 0 unspecified atom stereocenters. The molecule has 0 aliphatic carbocycles. The Bertz CT molecular complexity index is 981. The highest BCUT2D eigenvalue weighted by Gasteiger charge is 2.16. The van der Waals surface area contributed by atoms with Crippen LogP contribution in [0.3, 0.4) is 0 Å². The monoisotopic (exact) mass is 405 g/mol. The van der Waals surface area contributed by atoms with Gasteiger partial charge >= 0.3 is 0 Å². The molecule has 0 heterocycles.